The van der Waals surface area contributed by atoms with Gasteiger partial charge >= 0.3 is 6.01 Å². The number of halogens is 1. The van der Waals surface area contributed by atoms with Gasteiger partial charge in [-0.3, -0.25) is 0 Å². The van der Waals surface area contributed by atoms with Crippen LogP contribution in [0, 0.1) is 5.21 Å². The van der Waals surface area contributed by atoms with E-state index in [9.17, 15) is 5.21 Å². The number of hydrogen-bond donors (Lipinski definition) is 1. The monoisotopic (exact) mass is 176 g/mol. The topological polar surface area (TPSA) is 60.1 Å². The van der Waals surface area contributed by atoms with E-state index in [-0.39, 0.29) is 12.4 Å². The molecule has 0 spiro atoms. The number of nitrogens with zero attached hydrogens (tertiary/aromatic N) is 2. The van der Waals surface area contributed by atoms with Crippen molar-refractivity contribution in [1.29, 1.82) is 0 Å². The van der Waals surface area contributed by atoms with Gasteiger partial charge in [-0.15, -0.1) is 12.4 Å². The first-order valence-corrected chi connectivity index (χ1v) is 3.02. The van der Waals surface area contributed by atoms with Crippen LogP contribution in [0.3, 0.4) is 0 Å². The Kier molecular flexibility index (Phi) is 3.60. The van der Waals surface area contributed by atoms with Crippen LogP contribution in [-0.2, 0) is 6.42 Å². The second kappa shape index (κ2) is 3.98. The van der Waals surface area contributed by atoms with E-state index < -0.39 is 6.01 Å². The van der Waals surface area contributed by atoms with Gasteiger partial charge in [-0.05, 0) is 4.98 Å². The first-order valence-electron chi connectivity index (χ1n) is 3.02. The van der Waals surface area contributed by atoms with Crippen molar-refractivity contribution < 1.29 is 9.84 Å². The van der Waals surface area contributed by atoms with Crippen LogP contribution in [0.15, 0.2) is 12.3 Å². The molecule has 1 heterocycles. The highest BCUT2D eigenvalue weighted by molar-refractivity contribution is 5.85. The Morgan fingerprint density at radius 2 is 2.36 bits per heavy atom. The summed E-state index contributed by atoms with van der Waals surface area (Å²) in [6, 6.07) is 1.09. The third-order valence-electron chi connectivity index (χ3n) is 1.21. The average Bonchev–Trinajstić information content (AvgIpc) is 1.95. The van der Waals surface area contributed by atoms with Crippen molar-refractivity contribution in [2.45, 2.75) is 13.3 Å². The molecule has 1 aromatic heterocycles. The van der Waals surface area contributed by atoms with Crippen LogP contribution in [0.25, 0.3) is 0 Å². The number of rotatable bonds is 1. The van der Waals surface area contributed by atoms with Crippen LogP contribution in [0.2, 0.25) is 0 Å². The highest BCUT2D eigenvalue weighted by atomic mass is 35.5. The largest absolute Gasteiger partial charge is 0.708 e. The van der Waals surface area contributed by atoms with Gasteiger partial charge in [0.15, 0.2) is 5.69 Å². The number of aromatic hydroxyl groups is 1. The molecule has 1 rings (SSSR count). The van der Waals surface area contributed by atoms with Gasteiger partial charge in [-0.25, -0.2) is 4.73 Å². The van der Waals surface area contributed by atoms with Gasteiger partial charge < -0.3 is 10.3 Å². The molecule has 0 saturated carbocycles. The van der Waals surface area contributed by atoms with Gasteiger partial charge in [0.1, 0.15) is 6.20 Å². The minimum absolute atomic E-state index is 0. The Balaban J connectivity index is 0.000001000. The summed E-state index contributed by atoms with van der Waals surface area (Å²) in [6.07, 6.45) is 1.95. The Labute approximate surface area is 70.5 Å². The molecule has 0 saturated heterocycles. The normalized spacial score (nSPS) is 8.82. The molecule has 0 radical (unpaired) electrons. The van der Waals surface area contributed by atoms with Crippen molar-refractivity contribution in [3.05, 3.63) is 23.2 Å². The fourth-order valence-corrected chi connectivity index (χ4v) is 0.632. The lowest BCUT2D eigenvalue weighted by Crippen LogP contribution is -2.26. The summed E-state index contributed by atoms with van der Waals surface area (Å²) in [5.41, 5.74) is 0.713. The molecule has 0 atom stereocenters. The summed E-state index contributed by atoms with van der Waals surface area (Å²) in [5, 5.41) is 19.3. The van der Waals surface area contributed by atoms with E-state index in [2.05, 4.69) is 4.98 Å². The molecule has 1 aromatic rings. The molecule has 5 heteroatoms. The van der Waals surface area contributed by atoms with Gasteiger partial charge in [-0.2, -0.15) is 0 Å². The Morgan fingerprint density at radius 1 is 1.73 bits per heavy atom. The molecular weight excluding hydrogens is 168 g/mol. The summed E-state index contributed by atoms with van der Waals surface area (Å²) < 4.78 is 0.319. The van der Waals surface area contributed by atoms with E-state index in [1.807, 2.05) is 6.92 Å². The zero-order valence-corrected chi connectivity index (χ0v) is 6.84. The summed E-state index contributed by atoms with van der Waals surface area (Å²) >= 11 is 0. The standard InChI is InChI=1S/C6H8N2O2.ClH/c1-2-5-3-4-8(10)6(9)7-5;/h3-4H,2H2,1H3,(H,7,9);1H. The number of hydrogen-bond acceptors (Lipinski definition) is 3. The minimum Gasteiger partial charge on any atom is -0.708 e. The third kappa shape index (κ3) is 2.23. The quantitative estimate of drug-likeness (QED) is 0.498. The molecule has 1 N–H and O–H groups in total. The van der Waals surface area contributed by atoms with E-state index >= 15 is 0 Å². The summed E-state index contributed by atoms with van der Waals surface area (Å²) in [4.78, 5) is 3.60. The lowest BCUT2D eigenvalue weighted by atomic mass is 10.3. The lowest BCUT2D eigenvalue weighted by molar-refractivity contribution is -0.617. The SMILES string of the molecule is CCc1cc[n+]([O-])c(O)n1.Cl. The van der Waals surface area contributed by atoms with E-state index in [0.29, 0.717) is 16.8 Å². The fraction of sp³-hybridized carbons (Fsp3) is 0.333. The first-order chi connectivity index (χ1) is 4.74. The third-order valence-corrected chi connectivity index (χ3v) is 1.21. The summed E-state index contributed by atoms with van der Waals surface area (Å²) in [7, 11) is 0. The molecule has 4 nitrogen and oxygen atoms in total. The highest BCUT2D eigenvalue weighted by Gasteiger charge is 2.05. The fourth-order valence-electron chi connectivity index (χ4n) is 0.632. The average molecular weight is 177 g/mol. The van der Waals surface area contributed by atoms with E-state index in [4.69, 9.17) is 5.11 Å². The van der Waals surface area contributed by atoms with Crippen molar-refractivity contribution in [2.75, 3.05) is 0 Å². The van der Waals surface area contributed by atoms with Crippen LogP contribution >= 0.6 is 12.4 Å². The van der Waals surface area contributed by atoms with Crippen LogP contribution in [0.1, 0.15) is 12.6 Å². The Bertz CT molecular complexity index is 242. The summed E-state index contributed by atoms with van der Waals surface area (Å²) in [6.45, 7) is 1.90. The molecule has 62 valence electrons. The predicted octanol–water partition coefficient (Wildman–Crippen LogP) is 0.405. The van der Waals surface area contributed by atoms with Gasteiger partial charge in [-0.1, -0.05) is 6.92 Å². The van der Waals surface area contributed by atoms with Crippen molar-refractivity contribution in [3.8, 4) is 6.01 Å². The van der Waals surface area contributed by atoms with Gasteiger partial charge in [0, 0.05) is 12.5 Å². The Hall–Kier alpha value is -1.03. The molecule has 0 unspecified atom stereocenters. The maximum absolute atomic E-state index is 10.5. The Morgan fingerprint density at radius 3 is 2.82 bits per heavy atom. The van der Waals surface area contributed by atoms with Crippen molar-refractivity contribution in [2.24, 2.45) is 0 Å². The first kappa shape index (κ1) is 9.97. The van der Waals surface area contributed by atoms with Crippen LogP contribution in [0.4, 0.5) is 0 Å². The van der Waals surface area contributed by atoms with Crippen LogP contribution < -0.4 is 4.73 Å². The number of aromatic nitrogens is 2. The second-order valence-electron chi connectivity index (χ2n) is 1.90. The van der Waals surface area contributed by atoms with Gasteiger partial charge in [0.25, 0.3) is 0 Å². The maximum Gasteiger partial charge on any atom is 0.499 e. The van der Waals surface area contributed by atoms with Gasteiger partial charge in [0.2, 0.25) is 0 Å². The maximum atomic E-state index is 10.5. The second-order valence-corrected chi connectivity index (χ2v) is 1.90. The smallest absolute Gasteiger partial charge is 0.499 e. The molecule has 0 amide bonds. The van der Waals surface area contributed by atoms with Crippen LogP contribution in [0.5, 0.6) is 6.01 Å². The minimum atomic E-state index is -0.487. The zero-order valence-electron chi connectivity index (χ0n) is 6.02. The zero-order chi connectivity index (χ0) is 7.56. The van der Waals surface area contributed by atoms with E-state index in [1.54, 1.807) is 6.07 Å². The molecule has 11 heavy (non-hydrogen) atoms. The molecule has 0 aromatic carbocycles. The van der Waals surface area contributed by atoms with Crippen LogP contribution in [-0.4, -0.2) is 10.1 Å². The lowest BCUT2D eigenvalue weighted by Gasteiger charge is -1.98. The summed E-state index contributed by atoms with van der Waals surface area (Å²) in [5.74, 6) is 0. The molecule has 0 fully saturated rings. The van der Waals surface area contributed by atoms with Crippen molar-refractivity contribution in [1.82, 2.24) is 4.98 Å². The molecule has 0 bridgehead atoms. The predicted molar refractivity (Wildman–Crippen MR) is 41.5 cm³/mol. The number of aryl methyl sites for hydroxylation is 1. The highest BCUT2D eigenvalue weighted by Crippen LogP contribution is 1.97. The van der Waals surface area contributed by atoms with Gasteiger partial charge in [0.05, 0.1) is 0 Å². The van der Waals surface area contributed by atoms with E-state index in [0.717, 1.165) is 0 Å². The van der Waals surface area contributed by atoms with Crippen molar-refractivity contribution in [3.63, 3.8) is 0 Å². The molecule has 0 aliphatic carbocycles. The van der Waals surface area contributed by atoms with Crippen molar-refractivity contribution >= 4 is 12.4 Å². The molecular formula is C6H9ClN2O2. The molecule has 0 aliphatic heterocycles. The van der Waals surface area contributed by atoms with E-state index in [1.165, 1.54) is 6.20 Å². The molecule has 0 aliphatic rings.